The second kappa shape index (κ2) is 6.30. The summed E-state index contributed by atoms with van der Waals surface area (Å²) in [6.07, 6.45) is 1.32. The zero-order chi connectivity index (χ0) is 18.2. The van der Waals surface area contributed by atoms with Crippen molar-refractivity contribution in [3.8, 4) is 17.5 Å². The molecule has 0 aliphatic carbocycles. The lowest BCUT2D eigenvalue weighted by molar-refractivity contribution is 0.275. The van der Waals surface area contributed by atoms with Gasteiger partial charge in [0, 0.05) is 22.1 Å². The van der Waals surface area contributed by atoms with Gasteiger partial charge in [0.25, 0.3) is 21.8 Å². The molecule has 0 aliphatic heterocycles. The fraction of sp³-hybridized carbons (Fsp3) is 0.143. The Kier molecular flexibility index (Phi) is 4.31. The highest BCUT2D eigenvalue weighted by molar-refractivity contribution is 7.93. The molecule has 2 N–H and O–H groups in total. The molecular weight excluding hydrogens is 372 g/mol. The Balaban J connectivity index is 2.04. The average molecular weight is 384 g/mol. The van der Waals surface area contributed by atoms with E-state index < -0.39 is 15.8 Å². The molecule has 3 aromatic rings. The number of nitrogens with one attached hydrogen (secondary N) is 2. The van der Waals surface area contributed by atoms with Crippen molar-refractivity contribution < 1.29 is 23.0 Å². The number of hydrogen-bond acceptors (Lipinski definition) is 6. The van der Waals surface area contributed by atoms with E-state index in [1.54, 1.807) is 18.2 Å². The third kappa shape index (κ3) is 3.13. The summed E-state index contributed by atoms with van der Waals surface area (Å²) in [5.74, 6) is -1.71. The molecule has 0 aliphatic rings. The second-order valence-electron chi connectivity index (χ2n) is 4.84. The van der Waals surface area contributed by atoms with Crippen molar-refractivity contribution in [2.75, 3.05) is 18.9 Å². The smallest absolute Gasteiger partial charge is 0.302 e. The molecule has 3 rings (SSSR count). The fourth-order valence-electron chi connectivity index (χ4n) is 2.20. The number of fused-ring (bicyclic) bond motifs is 1. The van der Waals surface area contributed by atoms with E-state index in [0.717, 1.165) is 0 Å². The minimum Gasteiger partial charge on any atom is -0.478 e. The van der Waals surface area contributed by atoms with E-state index in [9.17, 15) is 13.5 Å². The zero-order valence-corrected chi connectivity index (χ0v) is 14.6. The van der Waals surface area contributed by atoms with Crippen molar-refractivity contribution in [1.29, 1.82) is 0 Å². The molecule has 131 valence electrons. The number of anilines is 1. The van der Waals surface area contributed by atoms with E-state index in [1.807, 2.05) is 0 Å². The monoisotopic (exact) mass is 383 g/mol. The maximum Gasteiger partial charge on any atom is 0.302 e. The molecule has 2 aromatic heterocycles. The molecule has 0 unspecified atom stereocenters. The highest BCUT2D eigenvalue weighted by Crippen LogP contribution is 2.35. The molecule has 0 atom stereocenters. The summed E-state index contributed by atoms with van der Waals surface area (Å²) < 4.78 is 37.1. The first-order chi connectivity index (χ1) is 11.9. The van der Waals surface area contributed by atoms with Crippen molar-refractivity contribution in [3.63, 3.8) is 0 Å². The van der Waals surface area contributed by atoms with Gasteiger partial charge in [-0.3, -0.25) is 5.11 Å². The number of nitrogens with zero attached hydrogens (tertiary/aromatic N) is 2. The molecule has 9 nitrogen and oxygen atoms in total. The van der Waals surface area contributed by atoms with Crippen LogP contribution in [0.15, 0.2) is 29.3 Å². The third-order valence-corrected chi connectivity index (χ3v) is 4.91. The molecule has 0 fully saturated rings. The number of methoxy groups -OCH3 is 2. The van der Waals surface area contributed by atoms with E-state index in [2.05, 4.69) is 19.7 Å². The molecule has 11 heteroatoms. The van der Waals surface area contributed by atoms with Gasteiger partial charge in [0.05, 0.1) is 14.2 Å². The molecule has 1 radical (unpaired) electrons. The van der Waals surface area contributed by atoms with Crippen LogP contribution in [0.5, 0.6) is 17.5 Å². The zero-order valence-electron chi connectivity index (χ0n) is 13.0. The quantitative estimate of drug-likeness (QED) is 0.697. The van der Waals surface area contributed by atoms with Gasteiger partial charge in [-0.25, -0.2) is 13.1 Å². The van der Waals surface area contributed by atoms with Crippen molar-refractivity contribution in [1.82, 2.24) is 15.0 Å². The predicted octanol–water partition coefficient (Wildman–Crippen LogP) is 2.57. The average Bonchev–Trinajstić information content (AvgIpc) is 2.99. The van der Waals surface area contributed by atoms with Crippen LogP contribution in [0.3, 0.4) is 0 Å². The molecule has 2 heterocycles. The highest BCUT2D eigenvalue weighted by atomic mass is 35.5. The second-order valence-corrected chi connectivity index (χ2v) is 6.93. The number of H-pyrrole nitrogens is 1. The van der Waals surface area contributed by atoms with Gasteiger partial charge in [-0.15, -0.1) is 0 Å². The van der Waals surface area contributed by atoms with Crippen LogP contribution in [0.1, 0.15) is 0 Å². The molecule has 1 aromatic carbocycles. The van der Waals surface area contributed by atoms with Gasteiger partial charge in [0.2, 0.25) is 5.95 Å². The molecule has 0 saturated carbocycles. The van der Waals surface area contributed by atoms with Crippen molar-refractivity contribution in [2.24, 2.45) is 0 Å². The maximum absolute atomic E-state index is 12.6. The standard InChI is InChI=1S/C14H12ClN4O5S/c1-23-12-11(20)13(24-2)18-14(17-12)19-25(21,22)10-6-16-9-5-7(15)3-4-8(9)10/h3-6,16H,1-2H3,(H,17,18,19). The largest absolute Gasteiger partial charge is 0.478 e. The summed E-state index contributed by atoms with van der Waals surface area (Å²) in [6, 6.07) is 4.75. The molecule has 0 spiro atoms. The van der Waals surface area contributed by atoms with Gasteiger partial charge in [-0.05, 0) is 18.2 Å². The third-order valence-electron chi connectivity index (χ3n) is 3.31. The molecule has 0 amide bonds. The summed E-state index contributed by atoms with van der Waals surface area (Å²) >= 11 is 5.89. The van der Waals surface area contributed by atoms with Crippen LogP contribution in [-0.2, 0) is 15.1 Å². The van der Waals surface area contributed by atoms with Crippen LogP contribution in [0.25, 0.3) is 10.9 Å². The van der Waals surface area contributed by atoms with E-state index in [4.69, 9.17) is 21.1 Å². The van der Waals surface area contributed by atoms with Gasteiger partial charge in [0.1, 0.15) is 4.90 Å². The summed E-state index contributed by atoms with van der Waals surface area (Å²) in [5.41, 5.74) is 0.555. The molecule has 0 saturated heterocycles. The molecule has 0 bridgehead atoms. The first-order valence-electron chi connectivity index (χ1n) is 6.82. The van der Waals surface area contributed by atoms with E-state index in [-0.39, 0.29) is 22.6 Å². The number of ether oxygens (including phenoxy) is 2. The summed E-state index contributed by atoms with van der Waals surface area (Å²) in [5, 5.41) is 12.7. The number of hydrogen-bond donors (Lipinski definition) is 2. The Morgan fingerprint density at radius 1 is 1.16 bits per heavy atom. The Labute approximate surface area is 147 Å². The minimum absolute atomic E-state index is 0.0214. The minimum atomic E-state index is -4.03. The summed E-state index contributed by atoms with van der Waals surface area (Å²) in [6.45, 7) is 0. The first kappa shape index (κ1) is 17.1. The Morgan fingerprint density at radius 2 is 1.80 bits per heavy atom. The fourth-order valence-corrected chi connectivity index (χ4v) is 3.50. The lowest BCUT2D eigenvalue weighted by atomic mass is 10.2. The Hall–Kier alpha value is -2.72. The Bertz CT molecular complexity index is 1030. The van der Waals surface area contributed by atoms with Crippen molar-refractivity contribution in [3.05, 3.63) is 29.4 Å². The van der Waals surface area contributed by atoms with Crippen LogP contribution < -0.4 is 14.2 Å². The van der Waals surface area contributed by atoms with Crippen LogP contribution in [-0.4, -0.2) is 37.6 Å². The summed E-state index contributed by atoms with van der Waals surface area (Å²) in [4.78, 5) is 10.3. The topological polar surface area (TPSA) is 126 Å². The number of rotatable bonds is 5. The van der Waals surface area contributed by atoms with Gasteiger partial charge < -0.3 is 14.5 Å². The lowest BCUT2D eigenvalue weighted by Gasteiger charge is -2.09. The van der Waals surface area contributed by atoms with Crippen LogP contribution in [0.4, 0.5) is 5.95 Å². The van der Waals surface area contributed by atoms with Gasteiger partial charge in [0.15, 0.2) is 0 Å². The number of aromatic amines is 1. The van der Waals surface area contributed by atoms with Crippen LogP contribution in [0.2, 0.25) is 5.02 Å². The van der Waals surface area contributed by atoms with Gasteiger partial charge >= 0.3 is 5.75 Å². The number of aromatic nitrogens is 3. The molecule has 25 heavy (non-hydrogen) atoms. The first-order valence-corrected chi connectivity index (χ1v) is 8.68. The number of halogens is 1. The SMILES string of the molecule is COc1nc(NS(=O)(=O)c2c[nH]c3cc(Cl)ccc23)nc(OC)c1[O]. The van der Waals surface area contributed by atoms with Gasteiger partial charge in [-0.1, -0.05) is 11.6 Å². The van der Waals surface area contributed by atoms with Gasteiger partial charge in [-0.2, -0.15) is 9.97 Å². The number of benzene rings is 1. The van der Waals surface area contributed by atoms with E-state index >= 15 is 0 Å². The van der Waals surface area contributed by atoms with Crippen LogP contribution >= 0.6 is 11.6 Å². The predicted molar refractivity (Wildman–Crippen MR) is 89.4 cm³/mol. The Morgan fingerprint density at radius 3 is 2.40 bits per heavy atom. The number of sulfonamides is 1. The van der Waals surface area contributed by atoms with E-state index in [1.165, 1.54) is 20.4 Å². The highest BCUT2D eigenvalue weighted by Gasteiger charge is 2.23. The van der Waals surface area contributed by atoms with E-state index in [0.29, 0.717) is 15.9 Å². The molecular formula is C14H12ClN4O5S. The lowest BCUT2D eigenvalue weighted by Crippen LogP contribution is -2.15. The summed E-state index contributed by atoms with van der Waals surface area (Å²) in [7, 11) is -1.58. The maximum atomic E-state index is 12.6. The van der Waals surface area contributed by atoms with Crippen LogP contribution in [0, 0.1) is 0 Å². The van der Waals surface area contributed by atoms with Crippen molar-refractivity contribution >= 4 is 38.5 Å². The van der Waals surface area contributed by atoms with Crippen molar-refractivity contribution in [2.45, 2.75) is 4.90 Å². The normalized spacial score (nSPS) is 11.5.